The first-order chi connectivity index (χ1) is 12.2. The number of amides is 1. The zero-order valence-corrected chi connectivity index (χ0v) is 14.9. The van der Waals surface area contributed by atoms with Crippen molar-refractivity contribution in [1.82, 2.24) is 20.0 Å². The topological polar surface area (TPSA) is 59.4 Å². The van der Waals surface area contributed by atoms with Crippen LogP contribution in [0.2, 0.25) is 0 Å². The molecular weight excluding hydrogens is 316 g/mol. The summed E-state index contributed by atoms with van der Waals surface area (Å²) in [5.41, 5.74) is 0.993. The molecule has 1 N–H and O–H groups in total. The van der Waals surface area contributed by atoms with E-state index >= 15 is 0 Å². The third-order valence-corrected chi connectivity index (χ3v) is 4.79. The number of benzene rings is 1. The van der Waals surface area contributed by atoms with Gasteiger partial charge < -0.3 is 10.1 Å². The van der Waals surface area contributed by atoms with Gasteiger partial charge in [-0.15, -0.1) is 0 Å². The number of ether oxygens (including phenoxy) is 1. The van der Waals surface area contributed by atoms with Crippen LogP contribution in [0.5, 0.6) is 5.75 Å². The highest BCUT2D eigenvalue weighted by Gasteiger charge is 2.27. The maximum absolute atomic E-state index is 12.5. The van der Waals surface area contributed by atoms with E-state index in [0.29, 0.717) is 12.6 Å². The highest BCUT2D eigenvalue weighted by atomic mass is 16.5. The maximum atomic E-state index is 12.5. The Morgan fingerprint density at radius 1 is 1.40 bits per heavy atom. The van der Waals surface area contributed by atoms with Crippen LogP contribution < -0.4 is 10.1 Å². The van der Waals surface area contributed by atoms with Crippen LogP contribution in [-0.2, 0) is 11.3 Å². The first kappa shape index (κ1) is 17.5. The van der Waals surface area contributed by atoms with Gasteiger partial charge in [0, 0.05) is 24.0 Å². The molecule has 0 unspecified atom stereocenters. The van der Waals surface area contributed by atoms with Gasteiger partial charge in [-0.3, -0.25) is 14.4 Å². The van der Waals surface area contributed by atoms with E-state index in [9.17, 15) is 4.79 Å². The van der Waals surface area contributed by atoms with E-state index in [1.54, 1.807) is 13.3 Å². The molecule has 0 spiro atoms. The van der Waals surface area contributed by atoms with E-state index in [4.69, 9.17) is 4.74 Å². The van der Waals surface area contributed by atoms with Crippen LogP contribution in [0.15, 0.2) is 42.7 Å². The minimum atomic E-state index is -0.0872. The van der Waals surface area contributed by atoms with Gasteiger partial charge in [0.15, 0.2) is 0 Å². The number of rotatable bonds is 7. The average molecular weight is 342 g/mol. The van der Waals surface area contributed by atoms with E-state index in [-0.39, 0.29) is 11.9 Å². The van der Waals surface area contributed by atoms with Gasteiger partial charge in [-0.2, -0.15) is 5.10 Å². The second-order valence-electron chi connectivity index (χ2n) is 6.53. The van der Waals surface area contributed by atoms with Crippen molar-refractivity contribution in [2.45, 2.75) is 38.4 Å². The molecule has 6 heteroatoms. The average Bonchev–Trinajstić information content (AvgIpc) is 3.27. The van der Waals surface area contributed by atoms with Crippen molar-refractivity contribution in [3.8, 4) is 5.75 Å². The Morgan fingerprint density at radius 3 is 3.00 bits per heavy atom. The van der Waals surface area contributed by atoms with E-state index in [0.717, 1.165) is 37.2 Å². The maximum Gasteiger partial charge on any atom is 0.234 e. The van der Waals surface area contributed by atoms with Crippen LogP contribution in [0.3, 0.4) is 0 Å². The fraction of sp³-hybridized carbons (Fsp3) is 0.474. The molecule has 25 heavy (non-hydrogen) atoms. The number of carbonyl (C=O) groups is 1. The van der Waals surface area contributed by atoms with Gasteiger partial charge >= 0.3 is 0 Å². The largest absolute Gasteiger partial charge is 0.496 e. The van der Waals surface area contributed by atoms with Crippen LogP contribution in [-0.4, -0.2) is 46.8 Å². The first-order valence-corrected chi connectivity index (χ1v) is 8.81. The molecule has 1 aliphatic rings. The highest BCUT2D eigenvalue weighted by Crippen LogP contribution is 2.24. The zero-order valence-electron chi connectivity index (χ0n) is 14.9. The normalized spacial score (nSPS) is 18.9. The number of hydrogen-bond donors (Lipinski definition) is 1. The Labute approximate surface area is 148 Å². The highest BCUT2D eigenvalue weighted by molar-refractivity contribution is 5.78. The van der Waals surface area contributed by atoms with Crippen molar-refractivity contribution in [1.29, 1.82) is 0 Å². The lowest BCUT2D eigenvalue weighted by Crippen LogP contribution is -2.42. The van der Waals surface area contributed by atoms with Crippen LogP contribution >= 0.6 is 0 Å². The fourth-order valence-electron chi connectivity index (χ4n) is 3.51. The molecule has 0 aliphatic carbocycles. The van der Waals surface area contributed by atoms with Crippen molar-refractivity contribution >= 4 is 5.91 Å². The Morgan fingerprint density at radius 2 is 2.24 bits per heavy atom. The summed E-state index contributed by atoms with van der Waals surface area (Å²) in [5, 5.41) is 7.37. The summed E-state index contributed by atoms with van der Waals surface area (Å²) >= 11 is 0. The Hall–Kier alpha value is -2.34. The standard InChI is InChI=1S/C19H26N4O2/c1-15(17-8-3-4-9-18(17)25-2)21-19(24)14-22-11-5-7-16(22)13-23-12-6-10-20-23/h3-4,6,8-10,12,15-16H,5,7,11,13-14H2,1-2H3,(H,21,24)/t15-,16-/m0/s1. The molecule has 1 fully saturated rings. The summed E-state index contributed by atoms with van der Waals surface area (Å²) in [7, 11) is 1.65. The number of nitrogens with one attached hydrogen (secondary N) is 1. The molecular formula is C19H26N4O2. The van der Waals surface area contributed by atoms with Gasteiger partial charge in [0.05, 0.1) is 26.2 Å². The lowest BCUT2D eigenvalue weighted by Gasteiger charge is -2.25. The van der Waals surface area contributed by atoms with Crippen molar-refractivity contribution in [3.05, 3.63) is 48.3 Å². The number of methoxy groups -OCH3 is 1. The molecule has 1 aromatic heterocycles. The third kappa shape index (κ3) is 4.39. The molecule has 3 rings (SSSR count). The second kappa shape index (κ2) is 8.16. The number of nitrogens with zero attached hydrogens (tertiary/aromatic N) is 3. The molecule has 2 atom stereocenters. The Bertz CT molecular complexity index is 686. The van der Waals surface area contributed by atoms with Gasteiger partial charge in [0.25, 0.3) is 0 Å². The number of carbonyl (C=O) groups excluding carboxylic acids is 1. The molecule has 0 saturated carbocycles. The van der Waals surface area contributed by atoms with Gasteiger partial charge in [-0.1, -0.05) is 18.2 Å². The summed E-state index contributed by atoms with van der Waals surface area (Å²) < 4.78 is 7.33. The van der Waals surface area contributed by atoms with Crippen molar-refractivity contribution in [3.63, 3.8) is 0 Å². The van der Waals surface area contributed by atoms with Crippen molar-refractivity contribution in [2.75, 3.05) is 20.2 Å². The summed E-state index contributed by atoms with van der Waals surface area (Å²) in [6, 6.07) is 10.0. The van der Waals surface area contributed by atoms with Crippen molar-refractivity contribution in [2.24, 2.45) is 0 Å². The third-order valence-electron chi connectivity index (χ3n) is 4.79. The van der Waals surface area contributed by atoms with Gasteiger partial charge in [-0.05, 0) is 38.4 Å². The van der Waals surface area contributed by atoms with Gasteiger partial charge in [-0.25, -0.2) is 0 Å². The van der Waals surface area contributed by atoms with Crippen LogP contribution in [0.4, 0.5) is 0 Å². The molecule has 0 bridgehead atoms. The second-order valence-corrected chi connectivity index (χ2v) is 6.53. The molecule has 1 saturated heterocycles. The molecule has 1 aliphatic heterocycles. The van der Waals surface area contributed by atoms with Crippen molar-refractivity contribution < 1.29 is 9.53 Å². The first-order valence-electron chi connectivity index (χ1n) is 8.81. The SMILES string of the molecule is COc1ccccc1[C@H](C)NC(=O)CN1CCC[C@H]1Cn1cccn1. The fourth-order valence-corrected chi connectivity index (χ4v) is 3.51. The molecule has 134 valence electrons. The smallest absolute Gasteiger partial charge is 0.234 e. The van der Waals surface area contributed by atoms with Gasteiger partial charge in [0.2, 0.25) is 5.91 Å². The molecule has 6 nitrogen and oxygen atoms in total. The van der Waals surface area contributed by atoms with E-state index in [1.165, 1.54) is 0 Å². The number of aromatic nitrogens is 2. The summed E-state index contributed by atoms with van der Waals surface area (Å²) in [5.74, 6) is 0.846. The molecule has 1 aromatic carbocycles. The lowest BCUT2D eigenvalue weighted by atomic mass is 10.1. The minimum Gasteiger partial charge on any atom is -0.496 e. The monoisotopic (exact) mass is 342 g/mol. The summed E-state index contributed by atoms with van der Waals surface area (Å²) in [4.78, 5) is 14.8. The quantitative estimate of drug-likeness (QED) is 0.838. The minimum absolute atomic E-state index is 0.0470. The number of para-hydroxylation sites is 1. The van der Waals surface area contributed by atoms with Crippen LogP contribution in [0.25, 0.3) is 0 Å². The number of likely N-dealkylation sites (tertiary alicyclic amines) is 1. The zero-order chi connectivity index (χ0) is 17.6. The predicted molar refractivity (Wildman–Crippen MR) is 96.4 cm³/mol. The van der Waals surface area contributed by atoms with Crippen LogP contribution in [0.1, 0.15) is 31.4 Å². The lowest BCUT2D eigenvalue weighted by molar-refractivity contribution is -0.123. The number of hydrogen-bond acceptors (Lipinski definition) is 4. The van der Waals surface area contributed by atoms with E-state index in [2.05, 4.69) is 15.3 Å². The molecule has 2 aromatic rings. The molecule has 2 heterocycles. The molecule has 1 amide bonds. The molecule has 0 radical (unpaired) electrons. The summed E-state index contributed by atoms with van der Waals surface area (Å²) in [6.45, 7) is 4.21. The summed E-state index contributed by atoms with van der Waals surface area (Å²) in [6.07, 6.45) is 6.00. The van der Waals surface area contributed by atoms with E-state index in [1.807, 2.05) is 48.1 Å². The van der Waals surface area contributed by atoms with E-state index < -0.39 is 0 Å². The Kier molecular flexibility index (Phi) is 5.71. The van der Waals surface area contributed by atoms with Gasteiger partial charge in [0.1, 0.15) is 5.75 Å². The Balaban J connectivity index is 1.56. The van der Waals surface area contributed by atoms with Crippen LogP contribution in [0, 0.1) is 0 Å². The predicted octanol–water partition coefficient (Wildman–Crippen LogP) is 2.23.